The highest BCUT2D eigenvalue weighted by atomic mass is 32.2. The summed E-state index contributed by atoms with van der Waals surface area (Å²) in [6.45, 7) is 1.84. The van der Waals surface area contributed by atoms with Gasteiger partial charge < -0.3 is 11.1 Å². The molecular weight excluding hydrogens is 284 g/mol. The second kappa shape index (κ2) is 6.81. The molecule has 0 heterocycles. The van der Waals surface area contributed by atoms with Crippen molar-refractivity contribution < 1.29 is 13.2 Å². The number of sulfone groups is 1. The number of hydrogen-bond donors (Lipinski definition) is 2. The molecule has 0 atom stereocenters. The highest BCUT2D eigenvalue weighted by Gasteiger charge is 2.07. The Hall–Kier alpha value is -1.21. The largest absolute Gasteiger partial charge is 0.398 e. The predicted octanol–water partition coefficient (Wildman–Crippen LogP) is 1.29. The van der Waals surface area contributed by atoms with Gasteiger partial charge in [-0.15, -0.1) is 0 Å². The molecule has 19 heavy (non-hydrogen) atoms. The lowest BCUT2D eigenvalue weighted by molar-refractivity contribution is -0.113. The fourth-order valence-electron chi connectivity index (χ4n) is 1.35. The van der Waals surface area contributed by atoms with Gasteiger partial charge in [0.1, 0.15) is 9.84 Å². The Morgan fingerprint density at radius 2 is 2.11 bits per heavy atom. The van der Waals surface area contributed by atoms with E-state index in [-0.39, 0.29) is 17.4 Å². The molecule has 3 N–H and O–H groups in total. The van der Waals surface area contributed by atoms with Crippen LogP contribution >= 0.6 is 11.8 Å². The third-order valence-electron chi connectivity index (χ3n) is 2.48. The summed E-state index contributed by atoms with van der Waals surface area (Å²) in [6.07, 6.45) is 1.18. The summed E-state index contributed by atoms with van der Waals surface area (Å²) in [6, 6.07) is 5.32. The summed E-state index contributed by atoms with van der Waals surface area (Å²) in [5.41, 5.74) is 7.89. The molecule has 0 aliphatic rings. The Labute approximate surface area is 117 Å². The van der Waals surface area contributed by atoms with Crippen LogP contribution in [0.25, 0.3) is 0 Å². The van der Waals surface area contributed by atoms with Crippen molar-refractivity contribution >= 4 is 38.9 Å². The Morgan fingerprint density at radius 1 is 1.42 bits per heavy atom. The second-order valence-corrected chi connectivity index (χ2v) is 7.62. The van der Waals surface area contributed by atoms with Crippen LogP contribution in [0, 0.1) is 6.92 Å². The lowest BCUT2D eigenvalue weighted by atomic mass is 10.1. The number of benzene rings is 1. The van der Waals surface area contributed by atoms with E-state index >= 15 is 0 Å². The van der Waals surface area contributed by atoms with Crippen molar-refractivity contribution in [3.8, 4) is 0 Å². The van der Waals surface area contributed by atoms with Crippen LogP contribution in [0.2, 0.25) is 0 Å². The summed E-state index contributed by atoms with van der Waals surface area (Å²) in [7, 11) is -2.96. The number of carbonyl (C=O) groups excluding carboxylic acids is 1. The molecular formula is C12H18N2O3S2. The molecule has 0 saturated heterocycles. The maximum absolute atomic E-state index is 11.7. The van der Waals surface area contributed by atoms with Gasteiger partial charge in [-0.25, -0.2) is 8.42 Å². The van der Waals surface area contributed by atoms with E-state index in [2.05, 4.69) is 5.32 Å². The van der Waals surface area contributed by atoms with E-state index in [1.54, 1.807) is 18.2 Å². The van der Waals surface area contributed by atoms with Gasteiger partial charge in [0.25, 0.3) is 0 Å². The lowest BCUT2D eigenvalue weighted by Gasteiger charge is -2.09. The summed E-state index contributed by atoms with van der Waals surface area (Å²) < 4.78 is 21.8. The lowest BCUT2D eigenvalue weighted by Crippen LogP contribution is -2.16. The van der Waals surface area contributed by atoms with Crippen LogP contribution in [0.5, 0.6) is 0 Å². The zero-order valence-electron chi connectivity index (χ0n) is 11.0. The predicted molar refractivity (Wildman–Crippen MR) is 81.3 cm³/mol. The fraction of sp³-hybridized carbons (Fsp3) is 0.417. The number of hydrogen-bond acceptors (Lipinski definition) is 5. The summed E-state index contributed by atoms with van der Waals surface area (Å²) in [5.74, 6) is 0.570. The van der Waals surface area contributed by atoms with E-state index in [1.807, 2.05) is 6.92 Å². The average Bonchev–Trinajstić information content (AvgIpc) is 2.29. The van der Waals surface area contributed by atoms with E-state index in [0.29, 0.717) is 17.1 Å². The van der Waals surface area contributed by atoms with E-state index in [1.165, 1.54) is 18.0 Å². The molecule has 0 bridgehead atoms. The van der Waals surface area contributed by atoms with Crippen LogP contribution in [0.15, 0.2) is 18.2 Å². The molecule has 5 nitrogen and oxygen atoms in total. The maximum Gasteiger partial charge on any atom is 0.234 e. The van der Waals surface area contributed by atoms with Crippen LogP contribution in [-0.4, -0.2) is 37.8 Å². The van der Waals surface area contributed by atoms with Gasteiger partial charge in [-0.2, -0.15) is 11.8 Å². The molecule has 0 saturated carbocycles. The number of nitrogen functional groups attached to an aromatic ring is 1. The van der Waals surface area contributed by atoms with Crippen molar-refractivity contribution in [2.75, 3.05) is 34.6 Å². The first-order valence-corrected chi connectivity index (χ1v) is 8.91. The average molecular weight is 302 g/mol. The van der Waals surface area contributed by atoms with E-state index in [0.717, 1.165) is 5.56 Å². The van der Waals surface area contributed by atoms with Crippen molar-refractivity contribution in [3.05, 3.63) is 23.8 Å². The SMILES string of the molecule is Cc1c(N)cccc1NC(=O)CSCCS(C)(=O)=O. The van der Waals surface area contributed by atoms with Crippen LogP contribution in [0.3, 0.4) is 0 Å². The van der Waals surface area contributed by atoms with Gasteiger partial charge in [0.05, 0.1) is 11.5 Å². The van der Waals surface area contributed by atoms with Crippen LogP contribution in [0.1, 0.15) is 5.56 Å². The smallest absolute Gasteiger partial charge is 0.234 e. The van der Waals surface area contributed by atoms with Gasteiger partial charge in [-0.1, -0.05) is 6.07 Å². The standard InChI is InChI=1S/C12H18N2O3S2/c1-9-10(13)4-3-5-11(9)14-12(15)8-18-6-7-19(2,16)17/h3-5H,6-8,13H2,1-2H3,(H,14,15). The number of thioether (sulfide) groups is 1. The minimum absolute atomic E-state index is 0.0856. The Morgan fingerprint density at radius 3 is 2.74 bits per heavy atom. The van der Waals surface area contributed by atoms with Gasteiger partial charge in [0.2, 0.25) is 5.91 Å². The number of nitrogens with two attached hydrogens (primary N) is 1. The molecule has 0 spiro atoms. The molecule has 1 amide bonds. The molecule has 7 heteroatoms. The summed E-state index contributed by atoms with van der Waals surface area (Å²) in [5, 5.41) is 2.76. The molecule has 106 valence electrons. The molecule has 0 aliphatic carbocycles. The number of carbonyl (C=O) groups is 1. The number of rotatable bonds is 6. The minimum atomic E-state index is -2.96. The summed E-state index contributed by atoms with van der Waals surface area (Å²) >= 11 is 1.30. The highest BCUT2D eigenvalue weighted by molar-refractivity contribution is 8.01. The third-order valence-corrected chi connectivity index (χ3v) is 4.64. The third kappa shape index (κ3) is 5.98. The monoisotopic (exact) mass is 302 g/mol. The first-order valence-electron chi connectivity index (χ1n) is 5.70. The zero-order chi connectivity index (χ0) is 14.5. The van der Waals surface area contributed by atoms with Crippen molar-refractivity contribution in [3.63, 3.8) is 0 Å². The molecule has 1 aromatic carbocycles. The topological polar surface area (TPSA) is 89.3 Å². The molecule has 0 aromatic heterocycles. The van der Waals surface area contributed by atoms with E-state index in [4.69, 9.17) is 5.73 Å². The van der Waals surface area contributed by atoms with Crippen molar-refractivity contribution in [1.29, 1.82) is 0 Å². The van der Waals surface area contributed by atoms with E-state index in [9.17, 15) is 13.2 Å². The van der Waals surface area contributed by atoms with Crippen LogP contribution < -0.4 is 11.1 Å². The first kappa shape index (κ1) is 15.8. The van der Waals surface area contributed by atoms with Gasteiger partial charge in [0.15, 0.2) is 0 Å². The molecule has 0 unspecified atom stereocenters. The normalized spacial score (nSPS) is 11.3. The van der Waals surface area contributed by atoms with Crippen molar-refractivity contribution in [2.24, 2.45) is 0 Å². The number of nitrogens with one attached hydrogen (secondary N) is 1. The number of anilines is 2. The second-order valence-electron chi connectivity index (χ2n) is 4.25. The minimum Gasteiger partial charge on any atom is -0.398 e. The van der Waals surface area contributed by atoms with Gasteiger partial charge in [0, 0.05) is 23.4 Å². The van der Waals surface area contributed by atoms with Crippen LogP contribution in [0.4, 0.5) is 11.4 Å². The zero-order valence-corrected chi connectivity index (χ0v) is 12.6. The molecule has 0 radical (unpaired) electrons. The first-order chi connectivity index (χ1) is 8.79. The number of amides is 1. The van der Waals surface area contributed by atoms with Crippen LogP contribution in [-0.2, 0) is 14.6 Å². The van der Waals surface area contributed by atoms with Crippen molar-refractivity contribution in [2.45, 2.75) is 6.92 Å². The highest BCUT2D eigenvalue weighted by Crippen LogP contribution is 2.20. The molecule has 0 fully saturated rings. The quantitative estimate of drug-likeness (QED) is 0.610. The van der Waals surface area contributed by atoms with Gasteiger partial charge in [-0.05, 0) is 24.6 Å². The molecule has 1 aromatic rings. The molecule has 1 rings (SSSR count). The van der Waals surface area contributed by atoms with Gasteiger partial charge in [-0.3, -0.25) is 4.79 Å². The van der Waals surface area contributed by atoms with Gasteiger partial charge >= 0.3 is 0 Å². The van der Waals surface area contributed by atoms with Crippen molar-refractivity contribution in [1.82, 2.24) is 0 Å². The summed E-state index contributed by atoms with van der Waals surface area (Å²) in [4.78, 5) is 11.7. The van der Waals surface area contributed by atoms with E-state index < -0.39 is 9.84 Å². The Bertz CT molecular complexity index is 556. The maximum atomic E-state index is 11.7. The fourth-order valence-corrected chi connectivity index (χ4v) is 3.43. The Balaban J connectivity index is 2.42. The Kier molecular flexibility index (Phi) is 5.68. The molecule has 0 aliphatic heterocycles.